The first-order chi connectivity index (χ1) is 12.4. The molecular weight excluding hydrogens is 370 g/mol. The number of ether oxygens (including phenoxy) is 1. The zero-order valence-corrected chi connectivity index (χ0v) is 16.5. The minimum absolute atomic E-state index is 0.0421. The SMILES string of the molecule is Cc1cc2oc(=O)cc(COC(=O)CSC(=S)N3CCCC3)c2cc1C. The zero-order valence-electron chi connectivity index (χ0n) is 14.9. The number of nitrogens with zero attached hydrogens (tertiary/aromatic N) is 1. The van der Waals surface area contributed by atoms with Gasteiger partial charge in [-0.2, -0.15) is 0 Å². The number of benzene rings is 1. The van der Waals surface area contributed by atoms with E-state index >= 15 is 0 Å². The van der Waals surface area contributed by atoms with Crippen LogP contribution in [0.2, 0.25) is 0 Å². The Morgan fingerprint density at radius 2 is 1.92 bits per heavy atom. The third-order valence-electron chi connectivity index (χ3n) is 4.51. The molecule has 1 aliphatic rings. The van der Waals surface area contributed by atoms with Crippen LogP contribution in [0.25, 0.3) is 11.0 Å². The number of aryl methyl sites for hydroxylation is 2. The molecule has 2 heterocycles. The molecule has 0 bridgehead atoms. The third kappa shape index (κ3) is 4.45. The summed E-state index contributed by atoms with van der Waals surface area (Å²) in [6.45, 7) is 5.92. The number of thiocarbonyl (C=S) groups is 1. The van der Waals surface area contributed by atoms with Crippen LogP contribution in [0.4, 0.5) is 0 Å². The summed E-state index contributed by atoms with van der Waals surface area (Å²) in [6, 6.07) is 5.17. The van der Waals surface area contributed by atoms with E-state index in [-0.39, 0.29) is 18.3 Å². The van der Waals surface area contributed by atoms with Crippen molar-refractivity contribution in [2.75, 3.05) is 18.8 Å². The van der Waals surface area contributed by atoms with E-state index in [0.717, 1.165) is 46.8 Å². The highest BCUT2D eigenvalue weighted by Gasteiger charge is 2.17. The molecular formula is C19H21NO4S2. The van der Waals surface area contributed by atoms with E-state index < -0.39 is 5.63 Å². The topological polar surface area (TPSA) is 59.8 Å². The number of hydrogen-bond acceptors (Lipinski definition) is 6. The number of hydrogen-bond donors (Lipinski definition) is 0. The van der Waals surface area contributed by atoms with Gasteiger partial charge in [0.1, 0.15) is 16.5 Å². The molecule has 0 radical (unpaired) electrons. The summed E-state index contributed by atoms with van der Waals surface area (Å²) in [6.07, 6.45) is 2.29. The average Bonchev–Trinajstić information content (AvgIpc) is 3.14. The molecule has 1 aromatic heterocycles. The highest BCUT2D eigenvalue weighted by molar-refractivity contribution is 8.23. The van der Waals surface area contributed by atoms with Gasteiger partial charge >= 0.3 is 11.6 Å². The Balaban J connectivity index is 1.63. The first-order valence-electron chi connectivity index (χ1n) is 8.55. The second-order valence-corrected chi connectivity index (χ2v) is 8.04. The van der Waals surface area contributed by atoms with Crippen molar-refractivity contribution in [3.05, 3.63) is 45.3 Å². The van der Waals surface area contributed by atoms with E-state index in [9.17, 15) is 9.59 Å². The Morgan fingerprint density at radius 3 is 2.65 bits per heavy atom. The van der Waals surface area contributed by atoms with Gasteiger partial charge in [-0.1, -0.05) is 24.0 Å². The smallest absolute Gasteiger partial charge is 0.336 e. The first-order valence-corrected chi connectivity index (χ1v) is 9.95. The number of thioether (sulfide) groups is 1. The molecule has 5 nitrogen and oxygen atoms in total. The minimum Gasteiger partial charge on any atom is -0.460 e. The lowest BCUT2D eigenvalue weighted by atomic mass is 10.0. The lowest BCUT2D eigenvalue weighted by Gasteiger charge is -2.17. The molecule has 26 heavy (non-hydrogen) atoms. The van der Waals surface area contributed by atoms with E-state index in [2.05, 4.69) is 4.90 Å². The minimum atomic E-state index is -0.448. The van der Waals surface area contributed by atoms with Crippen LogP contribution >= 0.6 is 24.0 Å². The largest absolute Gasteiger partial charge is 0.460 e. The maximum absolute atomic E-state index is 12.1. The second-order valence-electron chi connectivity index (χ2n) is 6.43. The van der Waals surface area contributed by atoms with Gasteiger partial charge in [0.25, 0.3) is 0 Å². The van der Waals surface area contributed by atoms with Crippen molar-refractivity contribution >= 4 is 45.2 Å². The van der Waals surface area contributed by atoms with E-state index in [1.807, 2.05) is 26.0 Å². The van der Waals surface area contributed by atoms with Crippen LogP contribution in [0.15, 0.2) is 27.4 Å². The molecule has 0 N–H and O–H groups in total. The molecule has 1 aromatic carbocycles. The fourth-order valence-corrected chi connectivity index (χ4v) is 3.96. The van der Waals surface area contributed by atoms with Crippen molar-refractivity contribution < 1.29 is 13.9 Å². The van der Waals surface area contributed by atoms with Crippen LogP contribution in [0.5, 0.6) is 0 Å². The van der Waals surface area contributed by atoms with Gasteiger partial charge in [-0.25, -0.2) is 4.79 Å². The molecule has 1 saturated heterocycles. The molecule has 0 unspecified atom stereocenters. The monoisotopic (exact) mass is 391 g/mol. The fourth-order valence-electron chi connectivity index (χ4n) is 2.91. The lowest BCUT2D eigenvalue weighted by Crippen LogP contribution is -2.24. The maximum atomic E-state index is 12.1. The number of rotatable bonds is 4. The number of esters is 1. The molecule has 1 aliphatic heterocycles. The summed E-state index contributed by atoms with van der Waals surface area (Å²) in [4.78, 5) is 25.9. The third-order valence-corrected chi connectivity index (χ3v) is 6.01. The highest BCUT2D eigenvalue weighted by atomic mass is 32.2. The Bertz CT molecular complexity index is 900. The molecule has 138 valence electrons. The molecule has 3 rings (SSSR count). The number of likely N-dealkylation sites (tertiary alicyclic amines) is 1. The van der Waals surface area contributed by atoms with E-state index in [0.29, 0.717) is 11.1 Å². The molecule has 0 amide bonds. The standard InChI is InChI=1S/C19H21NO4S2/c1-12-7-15-14(9-17(21)24-16(15)8-13(12)2)10-23-18(22)11-26-19(25)20-5-3-4-6-20/h7-9H,3-6,10-11H2,1-2H3. The summed E-state index contributed by atoms with van der Waals surface area (Å²) in [5.41, 5.74) is 2.85. The molecule has 0 aliphatic carbocycles. The van der Waals surface area contributed by atoms with Gasteiger partial charge in [-0.15, -0.1) is 0 Å². The normalized spacial score (nSPS) is 14.0. The van der Waals surface area contributed by atoms with Crippen molar-refractivity contribution in [1.29, 1.82) is 0 Å². The number of carbonyl (C=O) groups excluding carboxylic acids is 1. The predicted molar refractivity (Wildman–Crippen MR) is 108 cm³/mol. The Kier molecular flexibility index (Phi) is 5.98. The quantitative estimate of drug-likeness (QED) is 0.449. The van der Waals surface area contributed by atoms with Gasteiger partial charge in [-0.05, 0) is 49.9 Å². The Hall–Kier alpha value is -1.86. The van der Waals surface area contributed by atoms with Crippen molar-refractivity contribution in [3.63, 3.8) is 0 Å². The highest BCUT2D eigenvalue weighted by Crippen LogP contribution is 2.22. The summed E-state index contributed by atoms with van der Waals surface area (Å²) in [5.74, 6) is -0.172. The molecule has 0 saturated carbocycles. The van der Waals surface area contributed by atoms with Crippen LogP contribution in [0.3, 0.4) is 0 Å². The van der Waals surface area contributed by atoms with E-state index in [1.165, 1.54) is 17.8 Å². The predicted octanol–water partition coefficient (Wildman–Crippen LogP) is 3.57. The summed E-state index contributed by atoms with van der Waals surface area (Å²) in [5, 5.41) is 0.792. The average molecular weight is 392 g/mol. The van der Waals surface area contributed by atoms with Gasteiger partial charge in [0, 0.05) is 30.1 Å². The molecule has 7 heteroatoms. The second kappa shape index (κ2) is 8.22. The molecule has 2 aromatic rings. The lowest BCUT2D eigenvalue weighted by molar-refractivity contribution is -0.141. The fraction of sp³-hybridized carbons (Fsp3) is 0.421. The van der Waals surface area contributed by atoms with Crippen LogP contribution in [0.1, 0.15) is 29.5 Å². The number of carbonyl (C=O) groups is 1. The maximum Gasteiger partial charge on any atom is 0.336 e. The van der Waals surface area contributed by atoms with Gasteiger partial charge in [0.2, 0.25) is 0 Å². The summed E-state index contributed by atoms with van der Waals surface area (Å²) in [7, 11) is 0. The van der Waals surface area contributed by atoms with E-state index in [4.69, 9.17) is 21.4 Å². The Labute approximate surface area is 161 Å². The summed E-state index contributed by atoms with van der Waals surface area (Å²) < 4.78 is 11.4. The first kappa shape index (κ1) is 18.9. The van der Waals surface area contributed by atoms with Crippen LogP contribution in [-0.2, 0) is 16.1 Å². The van der Waals surface area contributed by atoms with Crippen LogP contribution in [-0.4, -0.2) is 34.0 Å². The molecule has 0 spiro atoms. The van der Waals surface area contributed by atoms with E-state index in [1.54, 1.807) is 0 Å². The van der Waals surface area contributed by atoms with Gasteiger partial charge in [0.15, 0.2) is 0 Å². The van der Waals surface area contributed by atoms with Crippen molar-refractivity contribution in [1.82, 2.24) is 4.90 Å². The van der Waals surface area contributed by atoms with Gasteiger partial charge in [-0.3, -0.25) is 4.79 Å². The molecule has 1 fully saturated rings. The Morgan fingerprint density at radius 1 is 1.23 bits per heavy atom. The van der Waals surface area contributed by atoms with Crippen LogP contribution in [0, 0.1) is 13.8 Å². The summed E-state index contributed by atoms with van der Waals surface area (Å²) >= 11 is 6.67. The molecule has 0 atom stereocenters. The van der Waals surface area contributed by atoms with Crippen LogP contribution < -0.4 is 5.63 Å². The number of fused-ring (bicyclic) bond motifs is 1. The van der Waals surface area contributed by atoms with Crippen molar-refractivity contribution in [2.45, 2.75) is 33.3 Å². The van der Waals surface area contributed by atoms with Crippen molar-refractivity contribution in [3.8, 4) is 0 Å². The van der Waals surface area contributed by atoms with Gasteiger partial charge < -0.3 is 14.1 Å². The van der Waals surface area contributed by atoms with Gasteiger partial charge in [0.05, 0.1) is 5.75 Å². The zero-order chi connectivity index (χ0) is 18.7. The van der Waals surface area contributed by atoms with Crippen molar-refractivity contribution in [2.24, 2.45) is 0 Å².